The number of rotatable bonds is 6. The molecule has 0 amide bonds. The molecule has 102 valence electrons. The maximum atomic E-state index is 5.87. The second-order valence-corrected chi connectivity index (χ2v) is 5.65. The summed E-state index contributed by atoms with van der Waals surface area (Å²) in [5.74, 6) is 6.67. The van der Waals surface area contributed by atoms with Crippen molar-refractivity contribution in [3.8, 4) is 5.75 Å². The van der Waals surface area contributed by atoms with E-state index < -0.39 is 0 Å². The molecule has 0 aliphatic carbocycles. The molecule has 0 spiro atoms. The third-order valence-corrected chi connectivity index (χ3v) is 3.45. The van der Waals surface area contributed by atoms with Crippen LogP contribution in [0.3, 0.4) is 0 Å². The third kappa shape index (κ3) is 3.47. The van der Waals surface area contributed by atoms with Crippen LogP contribution in [0.2, 0.25) is 0 Å². The van der Waals surface area contributed by atoms with E-state index >= 15 is 0 Å². The summed E-state index contributed by atoms with van der Waals surface area (Å²) in [5.41, 5.74) is 4.14. The standard InChI is InChI=1S/C15H26N2O/c1-6-15(4,5)14(17-16)12-9-7-8-10-13(12)18-11(2)3/h7-11,14,17H,6,16H2,1-5H3. The molecule has 3 nitrogen and oxygen atoms in total. The number of benzene rings is 1. The lowest BCUT2D eigenvalue weighted by Gasteiger charge is -2.34. The van der Waals surface area contributed by atoms with Crippen LogP contribution in [0.4, 0.5) is 0 Å². The molecule has 0 saturated heterocycles. The SMILES string of the molecule is CCC(C)(C)C(NN)c1ccccc1OC(C)C. The van der Waals surface area contributed by atoms with Gasteiger partial charge < -0.3 is 4.74 Å². The number of para-hydroxylation sites is 1. The lowest BCUT2D eigenvalue weighted by molar-refractivity contribution is 0.209. The van der Waals surface area contributed by atoms with Crippen LogP contribution in [0.1, 0.15) is 52.6 Å². The van der Waals surface area contributed by atoms with Gasteiger partial charge in [-0.1, -0.05) is 39.0 Å². The Labute approximate surface area is 111 Å². The first-order chi connectivity index (χ1) is 8.42. The van der Waals surface area contributed by atoms with E-state index in [1.54, 1.807) is 0 Å². The minimum absolute atomic E-state index is 0.0746. The molecule has 0 bridgehead atoms. The van der Waals surface area contributed by atoms with Crippen LogP contribution in [0.25, 0.3) is 0 Å². The van der Waals surface area contributed by atoms with Gasteiger partial charge in [0.1, 0.15) is 5.75 Å². The van der Waals surface area contributed by atoms with E-state index in [-0.39, 0.29) is 17.6 Å². The summed E-state index contributed by atoms with van der Waals surface area (Å²) in [4.78, 5) is 0. The van der Waals surface area contributed by atoms with Gasteiger partial charge in [0.15, 0.2) is 0 Å². The predicted octanol–water partition coefficient (Wildman–Crippen LogP) is 3.41. The van der Waals surface area contributed by atoms with Gasteiger partial charge in [-0.05, 0) is 31.7 Å². The molecule has 1 aromatic carbocycles. The summed E-state index contributed by atoms with van der Waals surface area (Å²) in [5, 5.41) is 0. The molecule has 0 aliphatic heterocycles. The van der Waals surface area contributed by atoms with E-state index in [1.165, 1.54) is 0 Å². The van der Waals surface area contributed by atoms with Crippen LogP contribution in [-0.4, -0.2) is 6.10 Å². The molecule has 1 aromatic rings. The molecule has 1 rings (SSSR count). The number of hydrazine groups is 1. The Balaban J connectivity index is 3.13. The van der Waals surface area contributed by atoms with Crippen LogP contribution in [0.15, 0.2) is 24.3 Å². The van der Waals surface area contributed by atoms with Gasteiger partial charge in [-0.3, -0.25) is 11.3 Å². The maximum absolute atomic E-state index is 5.87. The number of ether oxygens (including phenoxy) is 1. The number of nitrogens with one attached hydrogen (secondary N) is 1. The van der Waals surface area contributed by atoms with Crippen molar-refractivity contribution in [3.63, 3.8) is 0 Å². The fourth-order valence-corrected chi connectivity index (χ4v) is 2.02. The Morgan fingerprint density at radius 1 is 1.28 bits per heavy atom. The Morgan fingerprint density at radius 3 is 2.39 bits per heavy atom. The Hall–Kier alpha value is -1.06. The van der Waals surface area contributed by atoms with Gasteiger partial charge in [-0.25, -0.2) is 0 Å². The highest BCUT2D eigenvalue weighted by Gasteiger charge is 2.30. The molecule has 1 unspecified atom stereocenters. The zero-order valence-corrected chi connectivity index (χ0v) is 12.2. The van der Waals surface area contributed by atoms with Gasteiger partial charge in [-0.15, -0.1) is 0 Å². The lowest BCUT2D eigenvalue weighted by atomic mass is 9.78. The lowest BCUT2D eigenvalue weighted by Crippen LogP contribution is -2.38. The fourth-order valence-electron chi connectivity index (χ4n) is 2.02. The summed E-state index contributed by atoms with van der Waals surface area (Å²) in [6.07, 6.45) is 1.20. The van der Waals surface area contributed by atoms with E-state index in [2.05, 4.69) is 32.3 Å². The van der Waals surface area contributed by atoms with Gasteiger partial charge in [0.25, 0.3) is 0 Å². The highest BCUT2D eigenvalue weighted by atomic mass is 16.5. The largest absolute Gasteiger partial charge is 0.491 e. The van der Waals surface area contributed by atoms with E-state index in [1.807, 2.05) is 32.0 Å². The second-order valence-electron chi connectivity index (χ2n) is 5.65. The Morgan fingerprint density at radius 2 is 1.89 bits per heavy atom. The van der Waals surface area contributed by atoms with E-state index in [0.717, 1.165) is 17.7 Å². The molecule has 0 heterocycles. The molecule has 3 heteroatoms. The highest BCUT2D eigenvalue weighted by molar-refractivity contribution is 5.37. The molecule has 0 fully saturated rings. The van der Waals surface area contributed by atoms with Crippen molar-refractivity contribution < 1.29 is 4.74 Å². The highest BCUT2D eigenvalue weighted by Crippen LogP contribution is 2.39. The van der Waals surface area contributed by atoms with Gasteiger partial charge in [0.05, 0.1) is 12.1 Å². The topological polar surface area (TPSA) is 47.3 Å². The molecule has 1 atom stereocenters. The van der Waals surface area contributed by atoms with Crippen molar-refractivity contribution in [3.05, 3.63) is 29.8 Å². The van der Waals surface area contributed by atoms with Crippen molar-refractivity contribution in [1.82, 2.24) is 5.43 Å². The van der Waals surface area contributed by atoms with Gasteiger partial charge >= 0.3 is 0 Å². The normalized spacial score (nSPS) is 13.7. The molecule has 0 saturated carbocycles. The van der Waals surface area contributed by atoms with Crippen molar-refractivity contribution in [2.24, 2.45) is 11.3 Å². The molecule has 18 heavy (non-hydrogen) atoms. The van der Waals surface area contributed by atoms with Gasteiger partial charge in [0.2, 0.25) is 0 Å². The monoisotopic (exact) mass is 250 g/mol. The minimum Gasteiger partial charge on any atom is -0.491 e. The number of hydrogen-bond donors (Lipinski definition) is 2. The van der Waals surface area contributed by atoms with E-state index in [9.17, 15) is 0 Å². The second kappa shape index (κ2) is 6.21. The molecule has 0 aliphatic rings. The zero-order valence-electron chi connectivity index (χ0n) is 12.2. The Kier molecular flexibility index (Phi) is 5.17. The summed E-state index contributed by atoms with van der Waals surface area (Å²) >= 11 is 0. The van der Waals surface area contributed by atoms with E-state index in [4.69, 9.17) is 10.6 Å². The Bertz CT molecular complexity index is 375. The van der Waals surface area contributed by atoms with Crippen LogP contribution in [0, 0.1) is 5.41 Å². The average molecular weight is 250 g/mol. The van der Waals surface area contributed by atoms with Crippen molar-refractivity contribution in [2.75, 3.05) is 0 Å². The quantitative estimate of drug-likeness (QED) is 0.601. The number of nitrogens with two attached hydrogens (primary N) is 1. The molecular formula is C15H26N2O. The first-order valence-electron chi connectivity index (χ1n) is 6.64. The first-order valence-corrected chi connectivity index (χ1v) is 6.64. The average Bonchev–Trinajstić information content (AvgIpc) is 2.31. The fraction of sp³-hybridized carbons (Fsp3) is 0.600. The zero-order chi connectivity index (χ0) is 13.8. The van der Waals surface area contributed by atoms with Gasteiger partial charge in [0, 0.05) is 5.56 Å². The minimum atomic E-state index is 0.0746. The number of hydrogen-bond acceptors (Lipinski definition) is 3. The summed E-state index contributed by atoms with van der Waals surface area (Å²) in [7, 11) is 0. The van der Waals surface area contributed by atoms with Crippen molar-refractivity contribution in [2.45, 2.75) is 53.2 Å². The maximum Gasteiger partial charge on any atom is 0.124 e. The predicted molar refractivity (Wildman–Crippen MR) is 76.3 cm³/mol. The van der Waals surface area contributed by atoms with Crippen molar-refractivity contribution in [1.29, 1.82) is 0 Å². The first kappa shape index (κ1) is 15.0. The van der Waals surface area contributed by atoms with Crippen LogP contribution < -0.4 is 16.0 Å². The molecular weight excluding hydrogens is 224 g/mol. The molecule has 3 N–H and O–H groups in total. The molecule has 0 aromatic heterocycles. The van der Waals surface area contributed by atoms with Crippen molar-refractivity contribution >= 4 is 0 Å². The third-order valence-electron chi connectivity index (χ3n) is 3.45. The van der Waals surface area contributed by atoms with Crippen LogP contribution in [-0.2, 0) is 0 Å². The van der Waals surface area contributed by atoms with Crippen LogP contribution in [0.5, 0.6) is 5.75 Å². The molecule has 0 radical (unpaired) electrons. The van der Waals surface area contributed by atoms with Gasteiger partial charge in [-0.2, -0.15) is 0 Å². The summed E-state index contributed by atoms with van der Waals surface area (Å²) < 4.78 is 5.87. The smallest absolute Gasteiger partial charge is 0.124 e. The summed E-state index contributed by atoms with van der Waals surface area (Å²) in [6, 6.07) is 8.19. The van der Waals surface area contributed by atoms with Crippen LogP contribution >= 0.6 is 0 Å². The summed E-state index contributed by atoms with van der Waals surface area (Å²) in [6.45, 7) is 10.7. The van der Waals surface area contributed by atoms with E-state index in [0.29, 0.717) is 0 Å².